The molecule has 3 aromatic carbocycles. The molecular formula is C29H32BNO4S. The van der Waals surface area contributed by atoms with E-state index in [0.717, 1.165) is 52.8 Å². The summed E-state index contributed by atoms with van der Waals surface area (Å²) in [5.74, 6) is 0.728. The van der Waals surface area contributed by atoms with Crippen molar-refractivity contribution >= 4 is 47.0 Å². The maximum Gasteiger partial charge on any atom is 0.499 e. The molecular weight excluding hydrogens is 469 g/mol. The highest BCUT2D eigenvalue weighted by Gasteiger charge is 2.54. The fourth-order valence-electron chi connectivity index (χ4n) is 5.25. The standard InChI is InChI=1S/C29H32BNO4S/c1-19-17-22(30-34-28(2,3)29(4,36)35-30)27(33-26-15-9-10-16-32-26)25(18-19)31-23-13-7-5-11-20(23)21-12-6-8-14-24(21)31/h5-8,11-14,17-18,26,36H,9-10,15-16H2,1-4H3. The van der Waals surface area contributed by atoms with Gasteiger partial charge in [-0.05, 0) is 64.3 Å². The Hall–Kier alpha value is -2.45. The smallest absolute Gasteiger partial charge is 0.463 e. The molecule has 0 saturated carbocycles. The Morgan fingerprint density at radius 3 is 2.19 bits per heavy atom. The predicted molar refractivity (Wildman–Crippen MR) is 149 cm³/mol. The van der Waals surface area contributed by atoms with Gasteiger partial charge in [-0.15, -0.1) is 12.6 Å². The van der Waals surface area contributed by atoms with E-state index >= 15 is 0 Å². The summed E-state index contributed by atoms with van der Waals surface area (Å²) >= 11 is 4.79. The van der Waals surface area contributed by atoms with Crippen LogP contribution in [-0.2, 0) is 14.0 Å². The van der Waals surface area contributed by atoms with E-state index in [2.05, 4.69) is 72.2 Å². The molecule has 0 amide bonds. The molecule has 2 atom stereocenters. The molecule has 2 unspecified atom stereocenters. The average molecular weight is 501 g/mol. The van der Waals surface area contributed by atoms with Gasteiger partial charge in [0.05, 0.1) is 28.9 Å². The van der Waals surface area contributed by atoms with E-state index in [1.165, 1.54) is 10.8 Å². The highest BCUT2D eigenvalue weighted by molar-refractivity contribution is 7.81. The van der Waals surface area contributed by atoms with Crippen LogP contribution in [0.1, 0.15) is 45.6 Å². The first-order chi connectivity index (χ1) is 17.2. The van der Waals surface area contributed by atoms with Crippen molar-refractivity contribution in [3.8, 4) is 11.4 Å². The Morgan fingerprint density at radius 2 is 1.61 bits per heavy atom. The van der Waals surface area contributed by atoms with Gasteiger partial charge < -0.3 is 23.3 Å². The van der Waals surface area contributed by atoms with Crippen molar-refractivity contribution in [2.75, 3.05) is 6.61 Å². The predicted octanol–water partition coefficient (Wildman–Crippen LogP) is 6.16. The molecule has 2 saturated heterocycles. The van der Waals surface area contributed by atoms with E-state index in [9.17, 15) is 0 Å². The number of aryl methyl sites for hydroxylation is 1. The van der Waals surface area contributed by atoms with Gasteiger partial charge in [0.2, 0.25) is 0 Å². The van der Waals surface area contributed by atoms with Crippen LogP contribution in [0.2, 0.25) is 0 Å². The molecule has 0 spiro atoms. The number of rotatable bonds is 4. The topological polar surface area (TPSA) is 41.9 Å². The second-order valence-corrected chi connectivity index (χ2v) is 11.4. The molecule has 4 aromatic rings. The number of para-hydroxylation sites is 2. The maximum absolute atomic E-state index is 6.71. The lowest BCUT2D eigenvalue weighted by Gasteiger charge is -2.31. The third-order valence-corrected chi connectivity index (χ3v) is 8.20. The molecule has 2 aliphatic rings. The largest absolute Gasteiger partial charge is 0.499 e. The summed E-state index contributed by atoms with van der Waals surface area (Å²) in [4.78, 5) is -0.757. The van der Waals surface area contributed by atoms with Gasteiger partial charge in [0.1, 0.15) is 10.7 Å². The van der Waals surface area contributed by atoms with Crippen LogP contribution in [0.4, 0.5) is 0 Å². The number of aromatic nitrogens is 1. The number of nitrogens with zero attached hydrogens (tertiary/aromatic N) is 1. The Bertz CT molecular complexity index is 1370. The van der Waals surface area contributed by atoms with Gasteiger partial charge in [-0.2, -0.15) is 0 Å². The van der Waals surface area contributed by atoms with Gasteiger partial charge in [0.15, 0.2) is 6.29 Å². The first-order valence-electron chi connectivity index (χ1n) is 12.7. The van der Waals surface area contributed by atoms with Crippen molar-refractivity contribution < 1.29 is 18.8 Å². The summed E-state index contributed by atoms with van der Waals surface area (Å²) in [5, 5.41) is 2.40. The Balaban J connectivity index is 1.60. The lowest BCUT2D eigenvalue weighted by atomic mass is 9.77. The number of benzene rings is 3. The van der Waals surface area contributed by atoms with E-state index in [1.54, 1.807) is 0 Å². The van der Waals surface area contributed by atoms with Gasteiger partial charge in [-0.25, -0.2) is 0 Å². The van der Waals surface area contributed by atoms with Crippen molar-refractivity contribution in [1.82, 2.24) is 4.57 Å². The number of hydrogen-bond acceptors (Lipinski definition) is 5. The minimum absolute atomic E-state index is 0.316. The molecule has 0 aliphatic carbocycles. The van der Waals surface area contributed by atoms with Crippen LogP contribution < -0.4 is 10.2 Å². The lowest BCUT2D eigenvalue weighted by molar-refractivity contribution is -0.105. The van der Waals surface area contributed by atoms with Gasteiger partial charge in [-0.1, -0.05) is 42.5 Å². The van der Waals surface area contributed by atoms with E-state index in [-0.39, 0.29) is 6.29 Å². The summed E-state index contributed by atoms with van der Waals surface area (Å²) in [7, 11) is -0.618. The van der Waals surface area contributed by atoms with Crippen LogP contribution in [0.25, 0.3) is 27.5 Å². The lowest BCUT2D eigenvalue weighted by Crippen LogP contribution is -2.39. The molecule has 2 aliphatic heterocycles. The number of ether oxygens (including phenoxy) is 2. The van der Waals surface area contributed by atoms with Crippen LogP contribution in [0.3, 0.4) is 0 Å². The van der Waals surface area contributed by atoms with Crippen molar-refractivity contribution in [3.63, 3.8) is 0 Å². The Morgan fingerprint density at radius 1 is 0.944 bits per heavy atom. The summed E-state index contributed by atoms with van der Waals surface area (Å²) < 4.78 is 27.9. The summed E-state index contributed by atoms with van der Waals surface area (Å²) in [5.41, 5.74) is 4.56. The quantitative estimate of drug-likeness (QED) is 0.269. The van der Waals surface area contributed by atoms with Crippen LogP contribution in [0.15, 0.2) is 60.7 Å². The highest BCUT2D eigenvalue weighted by Crippen LogP contribution is 2.42. The van der Waals surface area contributed by atoms with E-state index in [0.29, 0.717) is 6.61 Å². The zero-order valence-corrected chi connectivity index (χ0v) is 22.2. The summed E-state index contributed by atoms with van der Waals surface area (Å²) in [6.45, 7) is 8.77. The normalized spacial score (nSPS) is 24.0. The van der Waals surface area contributed by atoms with Crippen molar-refractivity contribution in [3.05, 3.63) is 66.2 Å². The molecule has 3 heterocycles. The maximum atomic E-state index is 6.71. The molecule has 6 rings (SSSR count). The zero-order chi connectivity index (χ0) is 25.1. The molecule has 7 heteroatoms. The second-order valence-electron chi connectivity index (χ2n) is 10.5. The minimum atomic E-state index is -0.757. The van der Waals surface area contributed by atoms with E-state index in [4.69, 9.17) is 31.4 Å². The number of hydrogen-bond donors (Lipinski definition) is 1. The number of thiol groups is 1. The van der Waals surface area contributed by atoms with Crippen LogP contribution in [0, 0.1) is 6.92 Å². The molecule has 1 aromatic heterocycles. The van der Waals surface area contributed by atoms with E-state index < -0.39 is 17.7 Å². The monoisotopic (exact) mass is 501 g/mol. The third kappa shape index (κ3) is 3.93. The third-order valence-electron chi connectivity index (χ3n) is 7.56. The fourth-order valence-corrected chi connectivity index (χ4v) is 5.40. The Kier molecular flexibility index (Phi) is 5.87. The molecule has 186 valence electrons. The van der Waals surface area contributed by atoms with Crippen molar-refractivity contribution in [2.45, 2.75) is 63.8 Å². The molecule has 2 fully saturated rings. The number of fused-ring (bicyclic) bond motifs is 3. The van der Waals surface area contributed by atoms with Gasteiger partial charge in [0, 0.05) is 22.7 Å². The van der Waals surface area contributed by atoms with Gasteiger partial charge in [0.25, 0.3) is 0 Å². The average Bonchev–Trinajstić information content (AvgIpc) is 3.30. The van der Waals surface area contributed by atoms with Crippen LogP contribution in [-0.4, -0.2) is 35.1 Å². The SMILES string of the molecule is Cc1cc(B2OC(C)(C)C(C)(S)O2)c(OC2CCCCO2)c(-n2c3ccccc3c3ccccc32)c1. The molecule has 0 N–H and O–H groups in total. The Labute approximate surface area is 218 Å². The van der Waals surface area contributed by atoms with Crippen LogP contribution in [0.5, 0.6) is 5.75 Å². The summed E-state index contributed by atoms with van der Waals surface area (Å²) in [6.07, 6.45) is 2.67. The molecule has 0 bridgehead atoms. The first kappa shape index (κ1) is 23.9. The summed E-state index contributed by atoms with van der Waals surface area (Å²) in [6, 6.07) is 21.3. The van der Waals surface area contributed by atoms with Crippen molar-refractivity contribution in [1.29, 1.82) is 0 Å². The van der Waals surface area contributed by atoms with Gasteiger partial charge >= 0.3 is 7.12 Å². The van der Waals surface area contributed by atoms with Crippen molar-refractivity contribution in [2.24, 2.45) is 0 Å². The zero-order valence-electron chi connectivity index (χ0n) is 21.3. The highest BCUT2D eigenvalue weighted by atomic mass is 32.1. The van der Waals surface area contributed by atoms with Gasteiger partial charge in [-0.3, -0.25) is 0 Å². The molecule has 5 nitrogen and oxygen atoms in total. The fraction of sp³-hybridized carbons (Fsp3) is 0.379. The molecule has 0 radical (unpaired) electrons. The van der Waals surface area contributed by atoms with E-state index in [1.807, 2.05) is 20.8 Å². The van der Waals surface area contributed by atoms with Crippen LogP contribution >= 0.6 is 12.6 Å². The second kappa shape index (κ2) is 8.84. The minimum Gasteiger partial charge on any atom is -0.463 e. The first-order valence-corrected chi connectivity index (χ1v) is 13.2. The molecule has 36 heavy (non-hydrogen) atoms.